The summed E-state index contributed by atoms with van der Waals surface area (Å²) in [5, 5.41) is 21.4. The van der Waals surface area contributed by atoms with Crippen molar-refractivity contribution in [1.82, 2.24) is 19.6 Å². The maximum absolute atomic E-state index is 12.3. The monoisotopic (exact) mass is 434 g/mol. The highest BCUT2D eigenvalue weighted by molar-refractivity contribution is 9.10. The van der Waals surface area contributed by atoms with Crippen LogP contribution in [0.5, 0.6) is 5.75 Å². The Labute approximate surface area is 162 Å². The zero-order valence-electron chi connectivity index (χ0n) is 14.2. The smallest absolute Gasteiger partial charge is 0.307 e. The molecule has 0 spiro atoms. The topological polar surface area (TPSA) is 117 Å². The fourth-order valence-corrected chi connectivity index (χ4v) is 2.44. The second-order valence-electron chi connectivity index (χ2n) is 5.60. The van der Waals surface area contributed by atoms with Crippen LogP contribution in [-0.2, 0) is 11.5 Å². The number of hydrogen-bond acceptors (Lipinski definition) is 6. The third kappa shape index (κ3) is 4.70. The highest BCUT2D eigenvalue weighted by Crippen LogP contribution is 2.17. The molecule has 27 heavy (non-hydrogen) atoms. The van der Waals surface area contributed by atoms with Crippen molar-refractivity contribution >= 4 is 33.2 Å². The second kappa shape index (κ2) is 7.99. The second-order valence-corrected chi connectivity index (χ2v) is 6.51. The predicted molar refractivity (Wildman–Crippen MR) is 99.2 cm³/mol. The van der Waals surface area contributed by atoms with Gasteiger partial charge in [-0.3, -0.25) is 19.6 Å². The van der Waals surface area contributed by atoms with Crippen LogP contribution in [0.25, 0.3) is 0 Å². The Morgan fingerprint density at radius 2 is 2.04 bits per heavy atom. The average Bonchev–Trinajstić information content (AvgIpc) is 3.30. The normalized spacial score (nSPS) is 11.8. The summed E-state index contributed by atoms with van der Waals surface area (Å²) in [6, 6.07) is 6.65. The molecule has 2 aromatic heterocycles. The Morgan fingerprint density at radius 1 is 1.30 bits per heavy atom. The van der Waals surface area contributed by atoms with Gasteiger partial charge in [0, 0.05) is 4.47 Å². The molecule has 3 rings (SSSR count). The first-order chi connectivity index (χ1) is 12.9. The molecule has 0 aliphatic heterocycles. The van der Waals surface area contributed by atoms with Gasteiger partial charge in [0.05, 0.1) is 23.0 Å². The number of nitro groups is 1. The van der Waals surface area contributed by atoms with Gasteiger partial charge >= 0.3 is 5.69 Å². The van der Waals surface area contributed by atoms with Crippen molar-refractivity contribution in [3.63, 3.8) is 0 Å². The lowest BCUT2D eigenvalue weighted by Crippen LogP contribution is -2.23. The highest BCUT2D eigenvalue weighted by Gasteiger charge is 2.19. The van der Waals surface area contributed by atoms with Crippen LogP contribution in [-0.4, -0.2) is 30.4 Å². The lowest BCUT2D eigenvalue weighted by Gasteiger charge is -2.11. The molecule has 0 bridgehead atoms. The van der Waals surface area contributed by atoms with Crippen LogP contribution in [0.4, 0.5) is 11.4 Å². The first kappa shape index (κ1) is 18.6. The summed E-state index contributed by atoms with van der Waals surface area (Å²) in [6.07, 6.45) is 5.41. The van der Waals surface area contributed by atoms with E-state index < -0.39 is 11.0 Å². The number of carbonyl (C=O) groups excluding carboxylic acids is 1. The van der Waals surface area contributed by atoms with Crippen molar-refractivity contribution in [3.05, 3.63) is 63.6 Å². The molecule has 0 radical (unpaired) electrons. The SMILES string of the molecule is CC(C(=O)Nc1cnn(COc2ccc(Br)cc2)c1)n1cc([N+](=O)[O-])cn1. The maximum atomic E-state index is 12.3. The average molecular weight is 435 g/mol. The molecule has 2 heterocycles. The van der Waals surface area contributed by atoms with E-state index in [-0.39, 0.29) is 18.3 Å². The number of carbonyl (C=O) groups is 1. The van der Waals surface area contributed by atoms with Gasteiger partial charge in [-0.2, -0.15) is 10.2 Å². The summed E-state index contributed by atoms with van der Waals surface area (Å²) < 4.78 is 9.31. The number of nitrogens with one attached hydrogen (secondary N) is 1. The molecule has 3 aromatic rings. The van der Waals surface area contributed by atoms with Gasteiger partial charge in [-0.25, -0.2) is 4.68 Å². The molecule has 140 valence electrons. The minimum Gasteiger partial charge on any atom is -0.471 e. The van der Waals surface area contributed by atoms with E-state index in [1.165, 1.54) is 21.8 Å². The lowest BCUT2D eigenvalue weighted by atomic mass is 10.3. The Kier molecular flexibility index (Phi) is 5.50. The van der Waals surface area contributed by atoms with Crippen molar-refractivity contribution < 1.29 is 14.5 Å². The molecule has 0 fully saturated rings. The zero-order chi connectivity index (χ0) is 19.4. The number of halogens is 1. The van der Waals surface area contributed by atoms with Crippen molar-refractivity contribution in [2.75, 3.05) is 5.32 Å². The fraction of sp³-hybridized carbons (Fsp3) is 0.188. The van der Waals surface area contributed by atoms with Gasteiger partial charge in [0.15, 0.2) is 6.73 Å². The van der Waals surface area contributed by atoms with Crippen LogP contribution in [0.1, 0.15) is 13.0 Å². The van der Waals surface area contributed by atoms with E-state index in [1.54, 1.807) is 13.1 Å². The number of hydrogen-bond donors (Lipinski definition) is 1. The first-order valence-corrected chi connectivity index (χ1v) is 8.62. The molecular formula is C16H15BrN6O4. The molecule has 11 heteroatoms. The third-order valence-electron chi connectivity index (χ3n) is 3.65. The standard InChI is InChI=1S/C16H15BrN6O4/c1-11(22-9-14(7-19-22)23(25)26)16(24)20-13-6-18-21(8-13)10-27-15-4-2-12(17)3-5-15/h2-9,11H,10H2,1H3,(H,20,24). The molecule has 1 N–H and O–H groups in total. The Morgan fingerprint density at radius 3 is 2.70 bits per heavy atom. The third-order valence-corrected chi connectivity index (χ3v) is 4.18. The number of benzene rings is 1. The Hall–Kier alpha value is -3.21. The van der Waals surface area contributed by atoms with E-state index >= 15 is 0 Å². The minimum atomic E-state index is -0.721. The van der Waals surface area contributed by atoms with Gasteiger partial charge < -0.3 is 10.1 Å². The Bertz CT molecular complexity index is 952. The van der Waals surface area contributed by atoms with Gasteiger partial charge in [0.1, 0.15) is 24.2 Å². The number of rotatable bonds is 7. The summed E-state index contributed by atoms with van der Waals surface area (Å²) in [7, 11) is 0. The molecule has 1 unspecified atom stereocenters. The van der Waals surface area contributed by atoms with E-state index in [0.717, 1.165) is 10.7 Å². The molecule has 0 saturated heterocycles. The van der Waals surface area contributed by atoms with Crippen LogP contribution < -0.4 is 10.1 Å². The largest absolute Gasteiger partial charge is 0.471 e. The van der Waals surface area contributed by atoms with Gasteiger partial charge in [-0.15, -0.1) is 0 Å². The molecule has 1 aromatic carbocycles. The van der Waals surface area contributed by atoms with E-state index in [0.29, 0.717) is 11.4 Å². The van der Waals surface area contributed by atoms with Crippen LogP contribution in [0.2, 0.25) is 0 Å². The van der Waals surface area contributed by atoms with Crippen LogP contribution >= 0.6 is 15.9 Å². The summed E-state index contributed by atoms with van der Waals surface area (Å²) in [6.45, 7) is 1.77. The number of ether oxygens (including phenoxy) is 1. The number of nitrogens with zero attached hydrogens (tertiary/aromatic N) is 5. The van der Waals surface area contributed by atoms with Crippen LogP contribution in [0.3, 0.4) is 0 Å². The van der Waals surface area contributed by atoms with Crippen molar-refractivity contribution in [3.8, 4) is 5.75 Å². The summed E-state index contributed by atoms with van der Waals surface area (Å²) in [4.78, 5) is 22.4. The predicted octanol–water partition coefficient (Wildman–Crippen LogP) is 2.99. The number of aromatic nitrogens is 4. The molecule has 0 saturated carbocycles. The molecule has 0 aliphatic rings. The summed E-state index contributed by atoms with van der Waals surface area (Å²) in [5.74, 6) is 0.314. The Balaban J connectivity index is 1.56. The molecule has 0 aliphatic carbocycles. The zero-order valence-corrected chi connectivity index (χ0v) is 15.7. The maximum Gasteiger partial charge on any atom is 0.307 e. The van der Waals surface area contributed by atoms with Gasteiger partial charge in [-0.05, 0) is 31.2 Å². The van der Waals surface area contributed by atoms with Crippen molar-refractivity contribution in [2.24, 2.45) is 0 Å². The van der Waals surface area contributed by atoms with E-state index in [1.807, 2.05) is 24.3 Å². The van der Waals surface area contributed by atoms with Gasteiger partial charge in [-0.1, -0.05) is 15.9 Å². The lowest BCUT2D eigenvalue weighted by molar-refractivity contribution is -0.385. The van der Waals surface area contributed by atoms with Crippen molar-refractivity contribution in [1.29, 1.82) is 0 Å². The van der Waals surface area contributed by atoms with Crippen LogP contribution in [0.15, 0.2) is 53.5 Å². The molecule has 10 nitrogen and oxygen atoms in total. The number of anilines is 1. The van der Waals surface area contributed by atoms with E-state index in [4.69, 9.17) is 4.74 Å². The summed E-state index contributed by atoms with van der Waals surface area (Å²) >= 11 is 3.35. The summed E-state index contributed by atoms with van der Waals surface area (Å²) in [5.41, 5.74) is 0.306. The quantitative estimate of drug-likeness (QED) is 0.451. The van der Waals surface area contributed by atoms with Crippen molar-refractivity contribution in [2.45, 2.75) is 19.7 Å². The minimum absolute atomic E-state index is 0.174. The van der Waals surface area contributed by atoms with Gasteiger partial charge in [0.25, 0.3) is 0 Å². The van der Waals surface area contributed by atoms with E-state index in [2.05, 4.69) is 31.4 Å². The van der Waals surface area contributed by atoms with Crippen LogP contribution in [0, 0.1) is 10.1 Å². The first-order valence-electron chi connectivity index (χ1n) is 7.82. The van der Waals surface area contributed by atoms with Gasteiger partial charge in [0.2, 0.25) is 5.91 Å². The number of amides is 1. The highest BCUT2D eigenvalue weighted by atomic mass is 79.9. The van der Waals surface area contributed by atoms with E-state index in [9.17, 15) is 14.9 Å². The fourth-order valence-electron chi connectivity index (χ4n) is 2.17. The molecule has 1 atom stereocenters. The molecular weight excluding hydrogens is 420 g/mol. The molecule has 1 amide bonds.